The second kappa shape index (κ2) is 3.57. The van der Waals surface area contributed by atoms with Crippen LogP contribution in [-0.2, 0) is 6.42 Å². The second-order valence-electron chi connectivity index (χ2n) is 2.06. The van der Waals surface area contributed by atoms with E-state index in [1.54, 1.807) is 0 Å². The van der Waals surface area contributed by atoms with Gasteiger partial charge in [0.1, 0.15) is 5.01 Å². The van der Waals surface area contributed by atoms with Crippen LogP contribution in [0.4, 0.5) is 13.2 Å². The minimum Gasteiger partial charge on any atom is -0.171 e. The summed E-state index contributed by atoms with van der Waals surface area (Å²) in [5.41, 5.74) is 0. The summed E-state index contributed by atoms with van der Waals surface area (Å²) in [6.45, 7) is 0. The van der Waals surface area contributed by atoms with Crippen molar-refractivity contribution in [1.29, 1.82) is 0 Å². The van der Waals surface area contributed by atoms with E-state index in [-0.39, 0.29) is 10.9 Å². The van der Waals surface area contributed by atoms with Crippen molar-refractivity contribution in [3.05, 3.63) is 9.47 Å². The molecular formula is C5H4ClF3N2S. The molecule has 0 aliphatic carbocycles. The molecule has 0 radical (unpaired) electrons. The third-order valence-electron chi connectivity index (χ3n) is 1.06. The summed E-state index contributed by atoms with van der Waals surface area (Å²) in [5, 5.41) is 7.16. The van der Waals surface area contributed by atoms with Crippen molar-refractivity contribution < 1.29 is 13.2 Å². The fraction of sp³-hybridized carbons (Fsp3) is 0.600. The van der Waals surface area contributed by atoms with Gasteiger partial charge in [-0.15, -0.1) is 10.2 Å². The maximum atomic E-state index is 11.7. The Balaban J connectivity index is 2.44. The molecule has 0 unspecified atom stereocenters. The van der Waals surface area contributed by atoms with Crippen molar-refractivity contribution in [2.45, 2.75) is 19.0 Å². The highest BCUT2D eigenvalue weighted by atomic mass is 35.5. The number of hydrogen-bond acceptors (Lipinski definition) is 3. The van der Waals surface area contributed by atoms with Gasteiger partial charge in [-0.3, -0.25) is 0 Å². The summed E-state index contributed by atoms with van der Waals surface area (Å²) in [6.07, 6.45) is -5.16. The minimum absolute atomic E-state index is 0.145. The highest BCUT2D eigenvalue weighted by Gasteiger charge is 2.27. The molecule has 1 rings (SSSR count). The molecule has 0 atom stereocenters. The van der Waals surface area contributed by atoms with E-state index in [9.17, 15) is 13.2 Å². The molecule has 1 aromatic heterocycles. The van der Waals surface area contributed by atoms with Crippen molar-refractivity contribution in [3.8, 4) is 0 Å². The number of nitrogens with zero attached hydrogens (tertiary/aromatic N) is 2. The van der Waals surface area contributed by atoms with E-state index in [1.165, 1.54) is 0 Å². The van der Waals surface area contributed by atoms with E-state index in [0.29, 0.717) is 5.01 Å². The molecule has 0 aliphatic rings. The van der Waals surface area contributed by atoms with Gasteiger partial charge in [-0.05, 0) is 11.6 Å². The Morgan fingerprint density at radius 2 is 2.00 bits per heavy atom. The molecule has 2 nitrogen and oxygen atoms in total. The molecule has 1 heterocycles. The molecule has 12 heavy (non-hydrogen) atoms. The van der Waals surface area contributed by atoms with E-state index in [1.807, 2.05) is 0 Å². The van der Waals surface area contributed by atoms with Crippen LogP contribution < -0.4 is 0 Å². The minimum atomic E-state index is -4.14. The molecule has 0 amide bonds. The lowest BCUT2D eigenvalue weighted by molar-refractivity contribution is -0.134. The van der Waals surface area contributed by atoms with Crippen molar-refractivity contribution in [2.24, 2.45) is 0 Å². The molecular weight excluding hydrogens is 213 g/mol. The lowest BCUT2D eigenvalue weighted by Crippen LogP contribution is -2.08. The second-order valence-corrected chi connectivity index (χ2v) is 3.71. The number of hydrogen-bond donors (Lipinski definition) is 0. The SMILES string of the molecule is FC(F)(F)CCc1nnc(Cl)s1. The molecule has 7 heteroatoms. The number of aromatic nitrogens is 2. The fourth-order valence-electron chi connectivity index (χ4n) is 0.583. The van der Waals surface area contributed by atoms with Crippen LogP contribution in [0.1, 0.15) is 11.4 Å². The van der Waals surface area contributed by atoms with Gasteiger partial charge in [-0.2, -0.15) is 13.2 Å². The summed E-state index contributed by atoms with van der Waals surface area (Å²) in [7, 11) is 0. The zero-order valence-corrected chi connectivity index (χ0v) is 7.30. The van der Waals surface area contributed by atoms with E-state index in [2.05, 4.69) is 10.2 Å². The maximum Gasteiger partial charge on any atom is 0.389 e. The first-order valence-corrected chi connectivity index (χ1v) is 4.21. The predicted octanol–water partition coefficient (Wildman–Crippen LogP) is 2.69. The third-order valence-corrected chi connectivity index (χ3v) is 2.14. The zero-order chi connectivity index (χ0) is 9.19. The molecule has 1 aromatic rings. The molecule has 0 saturated carbocycles. The standard InChI is InChI=1S/C5H4ClF3N2S/c6-4-11-10-3(12-4)1-2-5(7,8)9/h1-2H2. The van der Waals surface area contributed by atoms with Crippen LogP contribution in [0.2, 0.25) is 4.47 Å². The average Bonchev–Trinajstić information content (AvgIpc) is 2.30. The molecule has 0 aliphatic heterocycles. The fourth-order valence-corrected chi connectivity index (χ4v) is 1.45. The van der Waals surface area contributed by atoms with Crippen molar-refractivity contribution in [3.63, 3.8) is 0 Å². The molecule has 0 fully saturated rings. The number of halogens is 4. The van der Waals surface area contributed by atoms with Crippen molar-refractivity contribution >= 4 is 22.9 Å². The van der Waals surface area contributed by atoms with Gasteiger partial charge in [0, 0.05) is 12.8 Å². The average molecular weight is 217 g/mol. The van der Waals surface area contributed by atoms with Gasteiger partial charge >= 0.3 is 6.18 Å². The highest BCUT2D eigenvalue weighted by molar-refractivity contribution is 7.15. The number of alkyl halides is 3. The Kier molecular flexibility index (Phi) is 2.89. The van der Waals surface area contributed by atoms with Crippen LogP contribution >= 0.6 is 22.9 Å². The van der Waals surface area contributed by atoms with E-state index < -0.39 is 12.6 Å². The summed E-state index contributed by atoms with van der Waals surface area (Å²) in [6, 6.07) is 0. The van der Waals surface area contributed by atoms with Crippen molar-refractivity contribution in [1.82, 2.24) is 10.2 Å². The summed E-state index contributed by atoms with van der Waals surface area (Å²) in [5.74, 6) is 0. The van der Waals surface area contributed by atoms with E-state index >= 15 is 0 Å². The van der Waals surface area contributed by atoms with Crippen LogP contribution in [0.5, 0.6) is 0 Å². The summed E-state index contributed by atoms with van der Waals surface area (Å²) >= 11 is 6.35. The first kappa shape index (κ1) is 9.73. The van der Waals surface area contributed by atoms with Gasteiger partial charge in [-0.25, -0.2) is 0 Å². The van der Waals surface area contributed by atoms with Gasteiger partial charge in [0.25, 0.3) is 0 Å². The van der Waals surface area contributed by atoms with E-state index in [4.69, 9.17) is 11.6 Å². The molecule has 0 aromatic carbocycles. The van der Waals surface area contributed by atoms with Crippen LogP contribution in [0.15, 0.2) is 0 Å². The lowest BCUT2D eigenvalue weighted by atomic mass is 10.3. The van der Waals surface area contributed by atoms with Crippen LogP contribution in [0.3, 0.4) is 0 Å². The van der Waals surface area contributed by atoms with Gasteiger partial charge in [0.15, 0.2) is 0 Å². The van der Waals surface area contributed by atoms with E-state index in [0.717, 1.165) is 11.3 Å². The Morgan fingerprint density at radius 1 is 1.33 bits per heavy atom. The monoisotopic (exact) mass is 216 g/mol. The topological polar surface area (TPSA) is 25.8 Å². The first-order chi connectivity index (χ1) is 5.47. The largest absolute Gasteiger partial charge is 0.389 e. The van der Waals surface area contributed by atoms with Gasteiger partial charge in [0.05, 0.1) is 0 Å². The first-order valence-electron chi connectivity index (χ1n) is 3.02. The van der Waals surface area contributed by atoms with Gasteiger partial charge in [0.2, 0.25) is 4.47 Å². The van der Waals surface area contributed by atoms with Crippen LogP contribution in [0, 0.1) is 0 Å². The Labute approximate surface area is 75.4 Å². The molecule has 68 valence electrons. The zero-order valence-electron chi connectivity index (χ0n) is 5.73. The molecule has 0 N–H and O–H groups in total. The number of rotatable bonds is 2. The molecule has 0 spiro atoms. The number of aryl methyl sites for hydroxylation is 1. The quantitative estimate of drug-likeness (QED) is 0.760. The predicted molar refractivity (Wildman–Crippen MR) is 39.3 cm³/mol. The van der Waals surface area contributed by atoms with Gasteiger partial charge < -0.3 is 0 Å². The normalized spacial score (nSPS) is 12.0. The maximum absolute atomic E-state index is 11.7. The van der Waals surface area contributed by atoms with Crippen LogP contribution in [-0.4, -0.2) is 16.4 Å². The highest BCUT2D eigenvalue weighted by Crippen LogP contribution is 2.24. The Bertz CT molecular complexity index is 259. The molecule has 0 bridgehead atoms. The summed E-state index contributed by atoms with van der Waals surface area (Å²) in [4.78, 5) is 0. The van der Waals surface area contributed by atoms with Gasteiger partial charge in [-0.1, -0.05) is 11.3 Å². The molecule has 0 saturated heterocycles. The third kappa shape index (κ3) is 3.36. The lowest BCUT2D eigenvalue weighted by Gasteiger charge is -2.02. The Hall–Kier alpha value is -0.360. The van der Waals surface area contributed by atoms with Crippen molar-refractivity contribution in [2.75, 3.05) is 0 Å². The summed E-state index contributed by atoms with van der Waals surface area (Å²) < 4.78 is 35.2. The van der Waals surface area contributed by atoms with Crippen LogP contribution in [0.25, 0.3) is 0 Å². The smallest absolute Gasteiger partial charge is 0.171 e. The Morgan fingerprint density at radius 3 is 2.42 bits per heavy atom.